The second-order valence-electron chi connectivity index (χ2n) is 2.73. The van der Waals surface area contributed by atoms with Crippen molar-refractivity contribution in [1.29, 1.82) is 5.26 Å². The van der Waals surface area contributed by atoms with Crippen molar-refractivity contribution < 1.29 is 4.79 Å². The van der Waals surface area contributed by atoms with Crippen molar-refractivity contribution >= 4 is 11.7 Å². The number of aromatic nitrogens is 5. The molecular formula is C8H5N7O. The predicted octanol–water partition coefficient (Wildman–Crippen LogP) is -0.281. The molecule has 0 unspecified atom stereocenters. The van der Waals surface area contributed by atoms with Gasteiger partial charge in [-0.25, -0.2) is 4.98 Å². The summed E-state index contributed by atoms with van der Waals surface area (Å²) in [6.45, 7) is 0. The maximum atomic E-state index is 11.5. The van der Waals surface area contributed by atoms with E-state index in [9.17, 15) is 4.79 Å². The largest absolute Gasteiger partial charge is 0.304 e. The number of nitrogens with zero attached hydrogens (tertiary/aromatic N) is 5. The summed E-state index contributed by atoms with van der Waals surface area (Å²) in [5, 5.41) is 23.5. The summed E-state index contributed by atoms with van der Waals surface area (Å²) >= 11 is 0. The van der Waals surface area contributed by atoms with Gasteiger partial charge in [0.15, 0.2) is 0 Å². The standard InChI is InChI=1S/C8H5N7O/c9-4-5-1-2-10-6(3-5)11-8(16)7-12-14-15-13-7/h1-3H,(H,10,11,16)(H,12,13,14,15). The Bertz CT molecular complexity index is 542. The Kier molecular flexibility index (Phi) is 2.52. The molecule has 0 spiro atoms. The van der Waals surface area contributed by atoms with Gasteiger partial charge in [-0.2, -0.15) is 10.5 Å². The number of rotatable bonds is 2. The summed E-state index contributed by atoms with van der Waals surface area (Å²) in [5.74, 6) is -0.380. The highest BCUT2D eigenvalue weighted by atomic mass is 16.2. The summed E-state index contributed by atoms with van der Waals surface area (Å²) in [7, 11) is 0. The number of carbonyl (C=O) groups is 1. The van der Waals surface area contributed by atoms with Crippen LogP contribution in [0.25, 0.3) is 0 Å². The summed E-state index contributed by atoms with van der Waals surface area (Å²) in [6.07, 6.45) is 1.42. The molecule has 2 aromatic heterocycles. The first kappa shape index (κ1) is 9.72. The van der Waals surface area contributed by atoms with Crippen molar-refractivity contribution in [1.82, 2.24) is 25.6 Å². The molecule has 16 heavy (non-hydrogen) atoms. The number of pyridine rings is 1. The van der Waals surface area contributed by atoms with E-state index < -0.39 is 5.91 Å². The molecule has 0 aliphatic heterocycles. The van der Waals surface area contributed by atoms with Crippen LogP contribution in [0.5, 0.6) is 0 Å². The lowest BCUT2D eigenvalue weighted by molar-refractivity contribution is 0.101. The van der Waals surface area contributed by atoms with E-state index in [2.05, 4.69) is 30.9 Å². The number of carbonyl (C=O) groups excluding carboxylic acids is 1. The van der Waals surface area contributed by atoms with Gasteiger partial charge in [-0.3, -0.25) is 4.79 Å². The van der Waals surface area contributed by atoms with Crippen molar-refractivity contribution in [3.8, 4) is 6.07 Å². The monoisotopic (exact) mass is 215 g/mol. The fraction of sp³-hybridized carbons (Fsp3) is 0. The molecule has 0 aromatic carbocycles. The highest BCUT2D eigenvalue weighted by molar-refractivity contribution is 6.00. The Morgan fingerprint density at radius 2 is 2.44 bits per heavy atom. The van der Waals surface area contributed by atoms with Crippen LogP contribution in [-0.4, -0.2) is 31.5 Å². The fourth-order valence-corrected chi connectivity index (χ4v) is 0.999. The second kappa shape index (κ2) is 4.14. The average molecular weight is 215 g/mol. The van der Waals surface area contributed by atoms with E-state index >= 15 is 0 Å². The Labute approximate surface area is 89.3 Å². The molecule has 0 fully saturated rings. The summed E-state index contributed by atoms with van der Waals surface area (Å²) in [5.41, 5.74) is 0.401. The van der Waals surface area contributed by atoms with E-state index in [0.29, 0.717) is 5.56 Å². The highest BCUT2D eigenvalue weighted by Crippen LogP contribution is 2.06. The predicted molar refractivity (Wildman–Crippen MR) is 51.1 cm³/mol. The zero-order chi connectivity index (χ0) is 11.4. The molecule has 1 amide bonds. The third-order valence-electron chi connectivity index (χ3n) is 1.68. The molecule has 0 bridgehead atoms. The molecule has 78 valence electrons. The minimum absolute atomic E-state index is 0.0934. The Morgan fingerprint density at radius 3 is 3.12 bits per heavy atom. The van der Waals surface area contributed by atoms with Crippen molar-refractivity contribution in [3.05, 3.63) is 29.7 Å². The minimum Gasteiger partial charge on any atom is -0.304 e. The van der Waals surface area contributed by atoms with Crippen LogP contribution >= 0.6 is 0 Å². The molecule has 8 heteroatoms. The summed E-state index contributed by atoms with van der Waals surface area (Å²) < 4.78 is 0. The molecule has 0 radical (unpaired) electrons. The van der Waals surface area contributed by atoms with Gasteiger partial charge in [-0.05, 0) is 17.3 Å². The quantitative estimate of drug-likeness (QED) is 0.710. The molecule has 2 N–H and O–H groups in total. The van der Waals surface area contributed by atoms with Gasteiger partial charge in [0.2, 0.25) is 0 Å². The van der Waals surface area contributed by atoms with E-state index in [1.165, 1.54) is 18.3 Å². The molecule has 0 saturated heterocycles. The van der Waals surface area contributed by atoms with Gasteiger partial charge in [0.25, 0.3) is 11.7 Å². The normalized spacial score (nSPS) is 9.44. The summed E-state index contributed by atoms with van der Waals surface area (Å²) in [4.78, 5) is 15.3. The number of aromatic amines is 1. The maximum absolute atomic E-state index is 11.5. The minimum atomic E-state index is -0.545. The first-order valence-electron chi connectivity index (χ1n) is 4.20. The van der Waals surface area contributed by atoms with E-state index in [0.717, 1.165) is 0 Å². The first-order chi connectivity index (χ1) is 7.79. The van der Waals surface area contributed by atoms with E-state index in [-0.39, 0.29) is 11.6 Å². The molecule has 2 heterocycles. The van der Waals surface area contributed by atoms with E-state index in [1.54, 1.807) is 0 Å². The number of nitriles is 1. The molecule has 8 nitrogen and oxygen atoms in total. The fourth-order valence-electron chi connectivity index (χ4n) is 0.999. The van der Waals surface area contributed by atoms with Gasteiger partial charge >= 0.3 is 0 Å². The number of anilines is 1. The zero-order valence-electron chi connectivity index (χ0n) is 7.88. The number of hydrogen-bond donors (Lipinski definition) is 2. The van der Waals surface area contributed by atoms with Crippen molar-refractivity contribution in [2.45, 2.75) is 0 Å². The average Bonchev–Trinajstić information content (AvgIpc) is 2.83. The number of hydrogen-bond acceptors (Lipinski definition) is 6. The van der Waals surface area contributed by atoms with Crippen molar-refractivity contribution in [2.24, 2.45) is 0 Å². The molecule has 2 aromatic rings. The molecule has 2 rings (SSSR count). The topological polar surface area (TPSA) is 120 Å². The molecule has 0 saturated carbocycles. The van der Waals surface area contributed by atoms with Crippen LogP contribution in [0.3, 0.4) is 0 Å². The van der Waals surface area contributed by atoms with Crippen LogP contribution < -0.4 is 5.32 Å². The SMILES string of the molecule is N#Cc1ccnc(NC(=O)c2nn[nH]n2)c1. The lowest BCUT2D eigenvalue weighted by Crippen LogP contribution is -2.14. The van der Waals surface area contributed by atoms with Crippen LogP contribution in [0, 0.1) is 11.3 Å². The lowest BCUT2D eigenvalue weighted by Gasteiger charge is -2.00. The molecule has 0 aliphatic carbocycles. The molecule has 0 aliphatic rings. The van der Waals surface area contributed by atoms with Crippen molar-refractivity contribution in [2.75, 3.05) is 5.32 Å². The third-order valence-corrected chi connectivity index (χ3v) is 1.68. The van der Waals surface area contributed by atoms with Gasteiger partial charge in [-0.1, -0.05) is 0 Å². The highest BCUT2D eigenvalue weighted by Gasteiger charge is 2.11. The maximum Gasteiger partial charge on any atom is 0.298 e. The molecular weight excluding hydrogens is 210 g/mol. The van der Waals surface area contributed by atoms with Crippen LogP contribution in [-0.2, 0) is 0 Å². The number of nitrogens with one attached hydrogen (secondary N) is 2. The Morgan fingerprint density at radius 1 is 1.56 bits per heavy atom. The lowest BCUT2D eigenvalue weighted by atomic mass is 10.3. The van der Waals surface area contributed by atoms with Gasteiger partial charge < -0.3 is 5.32 Å². The van der Waals surface area contributed by atoms with E-state index in [1.807, 2.05) is 6.07 Å². The van der Waals surface area contributed by atoms with Crippen LogP contribution in [0.4, 0.5) is 5.82 Å². The zero-order valence-corrected chi connectivity index (χ0v) is 7.88. The van der Waals surface area contributed by atoms with Gasteiger partial charge in [0.05, 0.1) is 11.6 Å². The Balaban J connectivity index is 2.16. The first-order valence-corrected chi connectivity index (χ1v) is 4.20. The van der Waals surface area contributed by atoms with Crippen molar-refractivity contribution in [3.63, 3.8) is 0 Å². The molecule has 0 atom stereocenters. The van der Waals surface area contributed by atoms with Crippen LogP contribution in [0.15, 0.2) is 18.3 Å². The smallest absolute Gasteiger partial charge is 0.298 e. The number of amides is 1. The van der Waals surface area contributed by atoms with Gasteiger partial charge in [0.1, 0.15) is 5.82 Å². The van der Waals surface area contributed by atoms with Gasteiger partial charge in [0, 0.05) is 6.20 Å². The van der Waals surface area contributed by atoms with E-state index in [4.69, 9.17) is 5.26 Å². The second-order valence-corrected chi connectivity index (χ2v) is 2.73. The number of H-pyrrole nitrogens is 1. The van der Waals surface area contributed by atoms with Gasteiger partial charge in [-0.15, -0.1) is 10.2 Å². The number of tetrazole rings is 1. The van der Waals surface area contributed by atoms with Crippen LogP contribution in [0.1, 0.15) is 16.2 Å². The van der Waals surface area contributed by atoms with Crippen LogP contribution in [0.2, 0.25) is 0 Å². The third kappa shape index (κ3) is 1.98. The summed E-state index contributed by atoms with van der Waals surface area (Å²) in [6, 6.07) is 4.91. The Hall–Kier alpha value is -2.82.